The second-order valence-electron chi connectivity index (χ2n) is 5.19. The van der Waals surface area contributed by atoms with E-state index in [1.165, 1.54) is 28.1 Å². The molecule has 1 N–H and O–H groups in total. The van der Waals surface area contributed by atoms with Gasteiger partial charge in [-0.3, -0.25) is 10.2 Å². The van der Waals surface area contributed by atoms with Crippen LogP contribution in [0.4, 0.5) is 0 Å². The highest BCUT2D eigenvalue weighted by molar-refractivity contribution is 8.26. The van der Waals surface area contributed by atoms with Crippen molar-refractivity contribution in [3.8, 4) is 0 Å². The summed E-state index contributed by atoms with van der Waals surface area (Å²) < 4.78 is 0. The summed E-state index contributed by atoms with van der Waals surface area (Å²) in [5.41, 5.74) is 1.41. The third kappa shape index (κ3) is 2.83. The van der Waals surface area contributed by atoms with Gasteiger partial charge in [-0.05, 0) is 34.8 Å². The number of hydrogen-bond donors (Lipinski definition) is 1. The van der Waals surface area contributed by atoms with Crippen LogP contribution in [0.5, 0.6) is 0 Å². The summed E-state index contributed by atoms with van der Waals surface area (Å²) >= 11 is 2.86. The Kier molecular flexibility index (Phi) is 3.87. The molecule has 0 bridgehead atoms. The number of amides is 1. The van der Waals surface area contributed by atoms with Gasteiger partial charge >= 0.3 is 0 Å². The van der Waals surface area contributed by atoms with Gasteiger partial charge in [0, 0.05) is 11.3 Å². The monoisotopic (exact) mass is 352 g/mol. The zero-order valence-electron chi connectivity index (χ0n) is 12.5. The highest BCUT2D eigenvalue weighted by Gasteiger charge is 2.35. The van der Waals surface area contributed by atoms with E-state index in [0.717, 1.165) is 15.5 Å². The number of benzene rings is 1. The topological polar surface area (TPSA) is 68.9 Å². The van der Waals surface area contributed by atoms with Crippen molar-refractivity contribution < 1.29 is 4.79 Å². The lowest BCUT2D eigenvalue weighted by Crippen LogP contribution is -2.35. The first kappa shape index (κ1) is 15.0. The van der Waals surface area contributed by atoms with E-state index in [1.54, 1.807) is 6.08 Å². The predicted molar refractivity (Wildman–Crippen MR) is 99.5 cm³/mol. The van der Waals surface area contributed by atoms with Crippen molar-refractivity contribution in [3.05, 3.63) is 63.9 Å². The molecular formula is C17H12N4OS2. The first-order valence-corrected chi connectivity index (χ1v) is 8.97. The molecule has 118 valence electrons. The molecule has 2 aliphatic rings. The second-order valence-corrected chi connectivity index (χ2v) is 7.21. The Morgan fingerprint density at radius 1 is 1.17 bits per heavy atom. The van der Waals surface area contributed by atoms with Gasteiger partial charge in [0.2, 0.25) is 5.17 Å². The molecule has 3 heterocycles. The number of hydrogen-bond acceptors (Lipinski definition) is 5. The molecule has 24 heavy (non-hydrogen) atoms. The number of carbonyl (C=O) groups excluding carboxylic acids is 1. The molecule has 2 aromatic rings. The summed E-state index contributed by atoms with van der Waals surface area (Å²) in [4.78, 5) is 17.3. The number of thiophene rings is 1. The Hall–Kier alpha value is -2.51. The Bertz CT molecular complexity index is 898. The number of fused-ring (bicyclic) bond motifs is 1. The summed E-state index contributed by atoms with van der Waals surface area (Å²) in [6, 6.07) is 13.8. The number of aliphatic imine (C=N–C) groups is 1. The normalized spacial score (nSPS) is 18.7. The molecule has 0 saturated heterocycles. The molecule has 0 unspecified atom stereocenters. The van der Waals surface area contributed by atoms with Crippen LogP contribution in [-0.4, -0.2) is 27.0 Å². The molecule has 5 nitrogen and oxygen atoms in total. The third-order valence-corrected chi connectivity index (χ3v) is 5.25. The number of thioether (sulfide) groups is 1. The predicted octanol–water partition coefficient (Wildman–Crippen LogP) is 3.61. The van der Waals surface area contributed by atoms with Crippen molar-refractivity contribution in [2.24, 2.45) is 10.1 Å². The maximum atomic E-state index is 12.3. The van der Waals surface area contributed by atoms with E-state index < -0.39 is 0 Å². The molecule has 0 spiro atoms. The molecule has 0 aliphatic carbocycles. The molecule has 0 atom stereocenters. The van der Waals surface area contributed by atoms with Crippen LogP contribution < -0.4 is 0 Å². The molecule has 0 radical (unpaired) electrons. The van der Waals surface area contributed by atoms with Crippen LogP contribution in [0.15, 0.2) is 63.5 Å². The molecule has 2 aliphatic heterocycles. The number of rotatable bonds is 3. The molecule has 0 fully saturated rings. The first-order chi connectivity index (χ1) is 11.7. The van der Waals surface area contributed by atoms with E-state index in [0.29, 0.717) is 11.6 Å². The van der Waals surface area contributed by atoms with Gasteiger partial charge in [-0.15, -0.1) is 11.3 Å². The smallest absolute Gasteiger partial charge is 0.282 e. The summed E-state index contributed by atoms with van der Waals surface area (Å²) in [7, 11) is 0. The van der Waals surface area contributed by atoms with E-state index in [-0.39, 0.29) is 17.3 Å². The van der Waals surface area contributed by atoms with Gasteiger partial charge in [0.1, 0.15) is 5.04 Å². The minimum absolute atomic E-state index is 0.0777. The fourth-order valence-corrected chi connectivity index (χ4v) is 3.97. The van der Waals surface area contributed by atoms with Crippen molar-refractivity contribution in [1.82, 2.24) is 5.01 Å². The Labute approximate surface area is 146 Å². The number of carbonyl (C=O) groups is 1. The van der Waals surface area contributed by atoms with Crippen molar-refractivity contribution in [1.29, 1.82) is 5.41 Å². The van der Waals surface area contributed by atoms with Crippen LogP contribution in [0.25, 0.3) is 6.08 Å². The van der Waals surface area contributed by atoms with Crippen LogP contribution in [-0.2, 0) is 11.2 Å². The van der Waals surface area contributed by atoms with Crippen LogP contribution in [0.2, 0.25) is 0 Å². The van der Waals surface area contributed by atoms with Crippen LogP contribution in [0, 0.1) is 5.41 Å². The molecule has 1 aromatic carbocycles. The van der Waals surface area contributed by atoms with Gasteiger partial charge in [-0.1, -0.05) is 36.4 Å². The quantitative estimate of drug-likeness (QED) is 0.858. The minimum Gasteiger partial charge on any atom is -0.282 e. The van der Waals surface area contributed by atoms with Crippen molar-refractivity contribution >= 4 is 51.1 Å². The highest BCUT2D eigenvalue weighted by Crippen LogP contribution is 2.29. The zero-order chi connectivity index (χ0) is 16.5. The average Bonchev–Trinajstić information content (AvgIpc) is 3.22. The van der Waals surface area contributed by atoms with Crippen LogP contribution in [0.3, 0.4) is 0 Å². The number of amidine groups is 2. The standard InChI is InChI=1S/C17H12N4OS2/c18-15-13(10-12-7-4-8-23-12)16(22)19-17-21(15)20-14(24-17)9-11-5-2-1-3-6-11/h1-8,10,18H,9H2/b13-10-,18-15?. The van der Waals surface area contributed by atoms with Gasteiger partial charge in [0.15, 0.2) is 5.84 Å². The number of nitrogens with one attached hydrogen (secondary N) is 1. The number of hydrazone groups is 1. The summed E-state index contributed by atoms with van der Waals surface area (Å²) in [6.45, 7) is 0. The van der Waals surface area contributed by atoms with E-state index in [9.17, 15) is 4.79 Å². The highest BCUT2D eigenvalue weighted by atomic mass is 32.2. The lowest BCUT2D eigenvalue weighted by molar-refractivity contribution is -0.114. The fourth-order valence-electron chi connectivity index (χ4n) is 2.39. The maximum absolute atomic E-state index is 12.3. The van der Waals surface area contributed by atoms with E-state index >= 15 is 0 Å². The SMILES string of the molecule is N=C1/C(=C/c2cccs2)C(=O)N=C2SC(Cc3ccccc3)=NN12. The summed E-state index contributed by atoms with van der Waals surface area (Å²) in [5.74, 6) is -0.308. The van der Waals surface area contributed by atoms with Crippen LogP contribution in [0.1, 0.15) is 10.4 Å². The minimum atomic E-state index is -0.386. The van der Waals surface area contributed by atoms with Gasteiger partial charge in [0.25, 0.3) is 5.91 Å². The molecule has 4 rings (SSSR count). The Balaban J connectivity index is 1.61. The average molecular weight is 352 g/mol. The van der Waals surface area contributed by atoms with Gasteiger partial charge in [0.05, 0.1) is 5.57 Å². The Morgan fingerprint density at radius 2 is 2.00 bits per heavy atom. The number of nitrogens with zero attached hydrogens (tertiary/aromatic N) is 3. The maximum Gasteiger partial charge on any atom is 0.283 e. The van der Waals surface area contributed by atoms with E-state index in [1.807, 2.05) is 47.8 Å². The molecular weight excluding hydrogens is 340 g/mol. The van der Waals surface area contributed by atoms with Crippen LogP contribution >= 0.6 is 23.1 Å². The van der Waals surface area contributed by atoms with Crippen molar-refractivity contribution in [3.63, 3.8) is 0 Å². The molecule has 7 heteroatoms. The Morgan fingerprint density at radius 3 is 2.75 bits per heavy atom. The van der Waals surface area contributed by atoms with E-state index in [4.69, 9.17) is 5.41 Å². The van der Waals surface area contributed by atoms with Crippen molar-refractivity contribution in [2.75, 3.05) is 0 Å². The lowest BCUT2D eigenvalue weighted by Gasteiger charge is -2.19. The van der Waals surface area contributed by atoms with E-state index in [2.05, 4.69) is 10.1 Å². The molecule has 1 aromatic heterocycles. The zero-order valence-corrected chi connectivity index (χ0v) is 14.1. The second kappa shape index (κ2) is 6.18. The third-order valence-electron chi connectivity index (χ3n) is 3.52. The summed E-state index contributed by atoms with van der Waals surface area (Å²) in [5, 5.41) is 17.4. The van der Waals surface area contributed by atoms with Gasteiger partial charge < -0.3 is 0 Å². The van der Waals surface area contributed by atoms with Gasteiger partial charge in [-0.25, -0.2) is 0 Å². The molecule has 0 saturated carbocycles. The molecule has 1 amide bonds. The fraction of sp³-hybridized carbons (Fsp3) is 0.0588. The van der Waals surface area contributed by atoms with Crippen molar-refractivity contribution in [2.45, 2.75) is 6.42 Å². The summed E-state index contributed by atoms with van der Waals surface area (Å²) in [6.07, 6.45) is 2.36. The largest absolute Gasteiger partial charge is 0.283 e. The lowest BCUT2D eigenvalue weighted by atomic mass is 10.1. The first-order valence-electron chi connectivity index (χ1n) is 7.27. The van der Waals surface area contributed by atoms with Gasteiger partial charge in [-0.2, -0.15) is 15.1 Å².